The van der Waals surface area contributed by atoms with Crippen LogP contribution >= 0.6 is 0 Å². The number of hydrogen-bond donors (Lipinski definition) is 5. The van der Waals surface area contributed by atoms with Crippen LogP contribution in [0.3, 0.4) is 0 Å². The van der Waals surface area contributed by atoms with Crippen LogP contribution in [0, 0.1) is 35.5 Å². The summed E-state index contributed by atoms with van der Waals surface area (Å²) >= 11 is 0. The minimum atomic E-state index is -2.50. The van der Waals surface area contributed by atoms with Gasteiger partial charge in [-0.05, 0) is 68.3 Å². The molecular formula is C48H71NO14. The largest absolute Gasteiger partial charge is 0.481 e. The summed E-state index contributed by atoms with van der Waals surface area (Å²) in [5, 5.41) is 47.8. The zero-order valence-electron chi connectivity index (χ0n) is 37.9. The average molecular weight is 886 g/mol. The molecule has 0 radical (unpaired) electrons. The molecule has 9 rings (SSSR count). The number of fused-ring (bicyclic) bond motifs is 5. The predicted octanol–water partition coefficient (Wildman–Crippen LogP) is 5.71. The SMILES string of the molecule is C=C(C[C@@]12C[C@@H](C)C[C@@H](O1)[C@H]1O[C@]3(C[C@H]1O2)NC[C@H](C)C[C@@H]3C)[C@H]1O[C@@](O)([C@H](O)[C@@H]2C[C@H]3O[C@@]4(CC[C@]5(CC(C)=C[C@@H](/C=C/CCC(=O)O)O5)O4)[C@H](C)C[C@@H]3O2)[C@H](C(=O)O)C[C@@H]1C. The van der Waals surface area contributed by atoms with E-state index in [0.717, 1.165) is 31.4 Å². The molecule has 3 spiro atoms. The van der Waals surface area contributed by atoms with Crippen LogP contribution in [0.4, 0.5) is 0 Å². The molecule has 8 saturated heterocycles. The Morgan fingerprint density at radius 3 is 2.41 bits per heavy atom. The van der Waals surface area contributed by atoms with Gasteiger partial charge < -0.3 is 58.3 Å². The van der Waals surface area contributed by atoms with Gasteiger partial charge in [0.15, 0.2) is 17.4 Å². The number of aliphatic hydroxyl groups excluding tert-OH is 1. The molecule has 2 bridgehead atoms. The van der Waals surface area contributed by atoms with Crippen molar-refractivity contribution in [2.24, 2.45) is 35.5 Å². The van der Waals surface area contributed by atoms with Crippen molar-refractivity contribution >= 4 is 11.9 Å². The van der Waals surface area contributed by atoms with Crippen molar-refractivity contribution < 1.29 is 67.9 Å². The second kappa shape index (κ2) is 16.8. The molecule has 0 unspecified atom stereocenters. The van der Waals surface area contributed by atoms with Crippen LogP contribution in [0.1, 0.15) is 125 Å². The predicted molar refractivity (Wildman–Crippen MR) is 226 cm³/mol. The zero-order chi connectivity index (χ0) is 44.9. The van der Waals surface area contributed by atoms with E-state index in [2.05, 4.69) is 32.7 Å². The Morgan fingerprint density at radius 2 is 1.67 bits per heavy atom. The summed E-state index contributed by atoms with van der Waals surface area (Å²) < 4.78 is 53.8. The van der Waals surface area contributed by atoms with Gasteiger partial charge in [-0.1, -0.05) is 65.0 Å². The lowest BCUT2D eigenvalue weighted by atomic mass is 9.75. The highest BCUT2D eigenvalue weighted by Gasteiger charge is 2.65. The van der Waals surface area contributed by atoms with E-state index in [-0.39, 0.29) is 67.9 Å². The van der Waals surface area contributed by atoms with Crippen LogP contribution in [0.15, 0.2) is 36.0 Å². The molecule has 15 heteroatoms. The molecule has 0 aromatic carbocycles. The third-order valence-electron chi connectivity index (χ3n) is 16.2. The monoisotopic (exact) mass is 885 g/mol. The molecule has 9 aliphatic heterocycles. The molecule has 0 amide bonds. The van der Waals surface area contributed by atoms with Crippen LogP contribution in [-0.2, 0) is 47.5 Å². The lowest BCUT2D eigenvalue weighted by Gasteiger charge is -2.53. The van der Waals surface area contributed by atoms with Gasteiger partial charge in [-0.2, -0.15) is 0 Å². The number of carboxylic acid groups (broad SMARTS) is 2. The van der Waals surface area contributed by atoms with Crippen LogP contribution < -0.4 is 5.32 Å². The van der Waals surface area contributed by atoms with E-state index >= 15 is 0 Å². The zero-order valence-corrected chi connectivity index (χ0v) is 37.9. The van der Waals surface area contributed by atoms with Crippen molar-refractivity contribution in [3.63, 3.8) is 0 Å². The van der Waals surface area contributed by atoms with E-state index < -0.39 is 77.2 Å². The summed E-state index contributed by atoms with van der Waals surface area (Å²) in [6.45, 7) is 18.0. The topological polar surface area (TPSA) is 201 Å². The highest BCUT2D eigenvalue weighted by atomic mass is 16.8. The third-order valence-corrected chi connectivity index (χ3v) is 16.2. The molecular weight excluding hydrogens is 815 g/mol. The number of carboxylic acids is 2. The van der Waals surface area contributed by atoms with Gasteiger partial charge >= 0.3 is 11.9 Å². The van der Waals surface area contributed by atoms with E-state index in [1.165, 1.54) is 0 Å². The van der Waals surface area contributed by atoms with E-state index in [4.69, 9.17) is 43.0 Å². The number of rotatable bonds is 10. The summed E-state index contributed by atoms with van der Waals surface area (Å²) in [7, 11) is 0. The molecule has 9 heterocycles. The van der Waals surface area contributed by atoms with Crippen molar-refractivity contribution in [3.05, 3.63) is 36.0 Å². The number of nitrogens with one attached hydrogen (secondary N) is 1. The number of allylic oxidation sites excluding steroid dienone is 1. The minimum absolute atomic E-state index is 0.0398. The standard InChI is InChI=1S/C48H71NO14/c1-25-15-32(10-8-9-11-39(50)51)57-44(20-25)12-13-47(63-44)31(7)18-34-35(60-47)19-37(56-34)42(52)48(55)33(43(53)54)17-28(4)40(62-48)29(5)22-45-21-26(2)16-36(58-45)41-38(59-45)23-46(61-41)30(6)14-27(3)24-49-46/h8,10,15,26-28,30-38,40-42,49,52,55H,5,9,11-14,16-24H2,1-4,6-7H3,(H,50,51)(H,53,54)/b10-8+/t26-,27+,28-,30-,31+,32+,33-,34-,35+,36+,37-,38+,40-,41+,42+,44+,45-,46-,47+,48+/m0/s1. The first-order chi connectivity index (χ1) is 29.7. The first-order valence-corrected chi connectivity index (χ1v) is 23.8. The second-order valence-corrected chi connectivity index (χ2v) is 21.4. The normalized spacial score (nSPS) is 51.0. The number of ether oxygens (including phenoxy) is 8. The van der Waals surface area contributed by atoms with Gasteiger partial charge in [0.2, 0.25) is 5.79 Å². The van der Waals surface area contributed by atoms with Crippen LogP contribution in [-0.4, -0.2) is 123 Å². The molecule has 0 aliphatic carbocycles. The molecule has 20 atom stereocenters. The van der Waals surface area contributed by atoms with Gasteiger partial charge in [-0.25, -0.2) is 0 Å². The van der Waals surface area contributed by atoms with E-state index in [9.17, 15) is 24.9 Å². The highest BCUT2D eigenvalue weighted by molar-refractivity contribution is 5.71. The fourth-order valence-corrected chi connectivity index (χ4v) is 13.2. The average Bonchev–Trinajstić information content (AvgIpc) is 3.89. The Kier molecular flexibility index (Phi) is 12.2. The van der Waals surface area contributed by atoms with Crippen LogP contribution in [0.5, 0.6) is 0 Å². The van der Waals surface area contributed by atoms with Gasteiger partial charge in [-0.3, -0.25) is 14.9 Å². The molecule has 8 fully saturated rings. The van der Waals surface area contributed by atoms with Crippen LogP contribution in [0.25, 0.3) is 0 Å². The van der Waals surface area contributed by atoms with Gasteiger partial charge in [0.05, 0.1) is 42.7 Å². The first-order valence-electron chi connectivity index (χ1n) is 23.8. The molecule has 0 saturated carbocycles. The Bertz CT molecular complexity index is 1840. The van der Waals surface area contributed by atoms with Gasteiger partial charge in [-0.15, -0.1) is 0 Å². The summed E-state index contributed by atoms with van der Waals surface area (Å²) in [6, 6.07) is 0. The van der Waals surface area contributed by atoms with E-state index in [1.54, 1.807) is 0 Å². The van der Waals surface area contributed by atoms with E-state index in [0.29, 0.717) is 55.9 Å². The summed E-state index contributed by atoms with van der Waals surface area (Å²) in [5.41, 5.74) is 1.25. The minimum Gasteiger partial charge on any atom is -0.481 e. The Balaban J connectivity index is 0.874. The summed E-state index contributed by atoms with van der Waals surface area (Å²) in [5.74, 6) is -8.26. The number of aliphatic hydroxyl groups is 2. The Morgan fingerprint density at radius 1 is 0.889 bits per heavy atom. The number of hydrogen-bond acceptors (Lipinski definition) is 13. The first kappa shape index (κ1) is 45.9. The van der Waals surface area contributed by atoms with Crippen LogP contribution in [0.2, 0.25) is 0 Å². The summed E-state index contributed by atoms with van der Waals surface area (Å²) in [6.07, 6.45) is 6.87. The van der Waals surface area contributed by atoms with Crippen molar-refractivity contribution in [1.82, 2.24) is 5.32 Å². The lowest BCUT2D eigenvalue weighted by Crippen LogP contribution is -2.63. The number of piperidine rings is 1. The van der Waals surface area contributed by atoms with Gasteiger partial charge in [0.25, 0.3) is 0 Å². The molecule has 352 valence electrons. The maximum atomic E-state index is 12.9. The fraction of sp³-hybridized carbons (Fsp3) is 0.833. The van der Waals surface area contributed by atoms with Crippen molar-refractivity contribution in [3.8, 4) is 0 Å². The highest BCUT2D eigenvalue weighted by Crippen LogP contribution is 2.56. The fourth-order valence-electron chi connectivity index (χ4n) is 13.2. The van der Waals surface area contributed by atoms with Gasteiger partial charge in [0.1, 0.15) is 23.9 Å². The van der Waals surface area contributed by atoms with Crippen molar-refractivity contribution in [2.75, 3.05) is 6.54 Å². The third kappa shape index (κ3) is 8.42. The summed E-state index contributed by atoms with van der Waals surface area (Å²) in [4.78, 5) is 23.9. The Labute approximate surface area is 371 Å². The lowest BCUT2D eigenvalue weighted by molar-refractivity contribution is -0.367. The molecule has 15 nitrogen and oxygen atoms in total. The molecule has 0 aromatic rings. The molecule has 63 heavy (non-hydrogen) atoms. The molecule has 5 N–H and O–H groups in total. The molecule has 9 aliphatic rings. The maximum Gasteiger partial charge on any atom is 0.312 e. The quantitative estimate of drug-likeness (QED) is 0.167. The Hall–Kier alpha value is -2.28. The van der Waals surface area contributed by atoms with Crippen molar-refractivity contribution in [2.45, 2.75) is 209 Å². The smallest absolute Gasteiger partial charge is 0.312 e. The van der Waals surface area contributed by atoms with Gasteiger partial charge in [0, 0.05) is 63.8 Å². The number of carbonyl (C=O) groups is 2. The van der Waals surface area contributed by atoms with Crippen molar-refractivity contribution in [1.29, 1.82) is 0 Å². The van der Waals surface area contributed by atoms with E-state index in [1.807, 2.05) is 39.0 Å². The molecule has 0 aromatic heterocycles. The maximum absolute atomic E-state index is 12.9. The second-order valence-electron chi connectivity index (χ2n) is 21.4. The number of aliphatic carboxylic acids is 2.